The molecule has 1 amide bonds. The number of likely N-dealkylation sites (N-methyl/N-ethyl adjacent to an activating group) is 1. The van der Waals surface area contributed by atoms with E-state index in [4.69, 9.17) is 9.47 Å². The number of carbonyl (C=O) groups excluding carboxylic acids is 1. The van der Waals surface area contributed by atoms with Crippen LogP contribution in [0.1, 0.15) is 6.92 Å². The van der Waals surface area contributed by atoms with E-state index in [0.29, 0.717) is 30.7 Å². The van der Waals surface area contributed by atoms with Crippen LogP contribution in [0.5, 0.6) is 11.6 Å². The number of carbonyl (C=O) groups is 1. The second kappa shape index (κ2) is 13.5. The SMILES string of the molecule is CC=CC(=O)Nc1cccc(Oc2ncnc3c2cc(-c2ccc(N4CCN(C)CC4)cc2)n3COCC[Si](C)(C)C)c1. The molecular formula is C33H42N6O3Si. The molecule has 0 spiro atoms. The molecular weight excluding hydrogens is 556 g/mol. The van der Waals surface area contributed by atoms with Gasteiger partial charge in [-0.25, -0.2) is 9.97 Å². The summed E-state index contributed by atoms with van der Waals surface area (Å²) in [7, 11) is 0.945. The topological polar surface area (TPSA) is 84.7 Å². The summed E-state index contributed by atoms with van der Waals surface area (Å²) in [6.07, 6.45) is 4.70. The number of nitrogens with zero attached hydrogens (tertiary/aromatic N) is 5. The molecule has 0 atom stereocenters. The molecule has 5 rings (SSSR count). The van der Waals surface area contributed by atoms with E-state index in [2.05, 4.69) is 86.7 Å². The first-order valence-corrected chi connectivity index (χ1v) is 18.6. The van der Waals surface area contributed by atoms with Gasteiger partial charge in [-0.1, -0.05) is 43.9 Å². The lowest BCUT2D eigenvalue weighted by Crippen LogP contribution is -2.44. The summed E-state index contributed by atoms with van der Waals surface area (Å²) >= 11 is 0. The Balaban J connectivity index is 1.45. The first-order chi connectivity index (χ1) is 20.7. The van der Waals surface area contributed by atoms with Gasteiger partial charge in [0.1, 0.15) is 24.5 Å². The monoisotopic (exact) mass is 598 g/mol. The Hall–Kier alpha value is -3.99. The maximum absolute atomic E-state index is 12.0. The maximum Gasteiger partial charge on any atom is 0.248 e. The highest BCUT2D eigenvalue weighted by Gasteiger charge is 2.19. The molecule has 0 aliphatic carbocycles. The summed E-state index contributed by atoms with van der Waals surface area (Å²) < 4.78 is 14.6. The second-order valence-electron chi connectivity index (χ2n) is 12.2. The molecule has 3 heterocycles. The minimum Gasteiger partial charge on any atom is -0.438 e. The Bertz CT molecular complexity index is 1570. The van der Waals surface area contributed by atoms with Crippen molar-refractivity contribution in [2.75, 3.05) is 50.1 Å². The molecule has 0 saturated carbocycles. The van der Waals surface area contributed by atoms with E-state index in [-0.39, 0.29) is 5.91 Å². The van der Waals surface area contributed by atoms with Crippen LogP contribution in [0.3, 0.4) is 0 Å². The largest absolute Gasteiger partial charge is 0.438 e. The first-order valence-electron chi connectivity index (χ1n) is 14.9. The van der Waals surface area contributed by atoms with E-state index in [0.717, 1.165) is 54.5 Å². The third kappa shape index (κ3) is 7.89. The fourth-order valence-corrected chi connectivity index (χ4v) is 5.77. The minimum atomic E-state index is -1.23. The molecule has 1 aliphatic rings. The van der Waals surface area contributed by atoms with Gasteiger partial charge in [-0.05, 0) is 62.0 Å². The predicted molar refractivity (Wildman–Crippen MR) is 177 cm³/mol. The van der Waals surface area contributed by atoms with E-state index in [9.17, 15) is 4.79 Å². The van der Waals surface area contributed by atoms with Crippen molar-refractivity contribution in [3.8, 4) is 22.9 Å². The number of ether oxygens (including phenoxy) is 2. The van der Waals surface area contributed by atoms with E-state index in [1.54, 1.807) is 19.1 Å². The molecule has 9 nitrogen and oxygen atoms in total. The minimum absolute atomic E-state index is 0.196. The van der Waals surface area contributed by atoms with Gasteiger partial charge >= 0.3 is 0 Å². The number of piperazine rings is 1. The fraction of sp³-hybridized carbons (Fsp3) is 0.364. The molecule has 1 N–H and O–H groups in total. The summed E-state index contributed by atoms with van der Waals surface area (Å²) in [5.74, 6) is 0.812. The van der Waals surface area contributed by atoms with Gasteiger partial charge < -0.3 is 29.2 Å². The van der Waals surface area contributed by atoms with Crippen molar-refractivity contribution in [2.45, 2.75) is 39.3 Å². The number of anilines is 2. The third-order valence-corrected chi connectivity index (χ3v) is 9.24. The Morgan fingerprint density at radius 1 is 1.02 bits per heavy atom. The summed E-state index contributed by atoms with van der Waals surface area (Å²) in [5.41, 5.74) is 4.68. The van der Waals surface area contributed by atoms with Crippen LogP contribution in [0.2, 0.25) is 25.7 Å². The van der Waals surface area contributed by atoms with Crippen molar-refractivity contribution >= 4 is 36.4 Å². The average Bonchev–Trinajstić information content (AvgIpc) is 3.35. The van der Waals surface area contributed by atoms with Crippen LogP contribution in [0, 0.1) is 0 Å². The number of amides is 1. The van der Waals surface area contributed by atoms with Crippen molar-refractivity contribution < 1.29 is 14.3 Å². The van der Waals surface area contributed by atoms with Crippen LogP contribution < -0.4 is 15.0 Å². The van der Waals surface area contributed by atoms with Crippen LogP contribution in [0.4, 0.5) is 11.4 Å². The smallest absolute Gasteiger partial charge is 0.248 e. The van der Waals surface area contributed by atoms with Crippen LogP contribution in [-0.2, 0) is 16.3 Å². The molecule has 1 aliphatic heterocycles. The first kappa shape index (κ1) is 30.5. The molecule has 1 saturated heterocycles. The van der Waals surface area contributed by atoms with Crippen LogP contribution in [-0.4, -0.2) is 73.2 Å². The van der Waals surface area contributed by atoms with Gasteiger partial charge in [0.2, 0.25) is 11.8 Å². The molecule has 1 fully saturated rings. The zero-order valence-electron chi connectivity index (χ0n) is 25.8. The van der Waals surface area contributed by atoms with E-state index >= 15 is 0 Å². The Morgan fingerprint density at radius 3 is 2.51 bits per heavy atom. The van der Waals surface area contributed by atoms with Crippen molar-refractivity contribution in [2.24, 2.45) is 0 Å². The van der Waals surface area contributed by atoms with E-state index in [1.807, 2.05) is 18.2 Å². The third-order valence-electron chi connectivity index (χ3n) is 7.54. The van der Waals surface area contributed by atoms with Crippen molar-refractivity contribution in [1.29, 1.82) is 0 Å². The number of allylic oxidation sites excluding steroid dienone is 1. The zero-order chi connectivity index (χ0) is 30.4. The number of fused-ring (bicyclic) bond motifs is 1. The number of aromatic nitrogens is 3. The van der Waals surface area contributed by atoms with Gasteiger partial charge in [0, 0.05) is 58.3 Å². The normalized spacial score (nSPS) is 14.5. The van der Waals surface area contributed by atoms with Crippen molar-refractivity contribution in [1.82, 2.24) is 19.4 Å². The molecule has 0 unspecified atom stereocenters. The highest BCUT2D eigenvalue weighted by Crippen LogP contribution is 2.35. The number of nitrogens with one attached hydrogen (secondary N) is 1. The zero-order valence-corrected chi connectivity index (χ0v) is 26.8. The van der Waals surface area contributed by atoms with Crippen LogP contribution >= 0.6 is 0 Å². The van der Waals surface area contributed by atoms with Gasteiger partial charge in [-0.2, -0.15) is 0 Å². The van der Waals surface area contributed by atoms with Crippen molar-refractivity contribution in [3.05, 3.63) is 73.1 Å². The molecule has 0 radical (unpaired) electrons. The molecule has 226 valence electrons. The molecule has 10 heteroatoms. The number of hydrogen-bond acceptors (Lipinski definition) is 7. The average molecular weight is 599 g/mol. The lowest BCUT2D eigenvalue weighted by Gasteiger charge is -2.34. The summed E-state index contributed by atoms with van der Waals surface area (Å²) in [6.45, 7) is 14.1. The van der Waals surface area contributed by atoms with Crippen LogP contribution in [0.15, 0.2) is 73.1 Å². The summed E-state index contributed by atoms with van der Waals surface area (Å²) in [5, 5.41) is 3.64. The Kier molecular flexibility index (Phi) is 9.59. The predicted octanol–water partition coefficient (Wildman–Crippen LogP) is 6.47. The number of hydrogen-bond donors (Lipinski definition) is 1. The Morgan fingerprint density at radius 2 is 1.79 bits per heavy atom. The Labute approximate surface area is 255 Å². The van der Waals surface area contributed by atoms with E-state index in [1.165, 1.54) is 18.1 Å². The van der Waals surface area contributed by atoms with Crippen molar-refractivity contribution in [3.63, 3.8) is 0 Å². The number of benzene rings is 2. The summed E-state index contributed by atoms with van der Waals surface area (Å²) in [6, 6.07) is 19.2. The highest BCUT2D eigenvalue weighted by molar-refractivity contribution is 6.76. The van der Waals surface area contributed by atoms with Crippen LogP contribution in [0.25, 0.3) is 22.3 Å². The van der Waals surface area contributed by atoms with Gasteiger partial charge in [0.05, 0.1) is 11.1 Å². The molecule has 43 heavy (non-hydrogen) atoms. The number of rotatable bonds is 11. The molecule has 0 bridgehead atoms. The fourth-order valence-electron chi connectivity index (χ4n) is 5.02. The van der Waals surface area contributed by atoms with Gasteiger partial charge in [0.25, 0.3) is 0 Å². The van der Waals surface area contributed by atoms with Gasteiger partial charge in [-0.15, -0.1) is 0 Å². The highest BCUT2D eigenvalue weighted by atomic mass is 28.3. The quantitative estimate of drug-likeness (QED) is 0.120. The lowest BCUT2D eigenvalue weighted by molar-refractivity contribution is -0.111. The molecule has 2 aromatic carbocycles. The standard InChI is InChI=1S/C33H42N6O3Si/c1-6-8-31(40)36-26-9-7-10-28(21-26)42-33-29-22-30(25-11-13-27(14-12-25)38-17-15-37(2)16-18-38)39(32(29)34-23-35-33)24-41-19-20-43(3,4)5/h6-14,21-23H,15-20,24H2,1-5H3,(H,36,40). The van der Waals surface area contributed by atoms with E-state index < -0.39 is 8.07 Å². The molecule has 2 aromatic heterocycles. The van der Waals surface area contributed by atoms with Gasteiger partial charge in [-0.3, -0.25) is 4.79 Å². The van der Waals surface area contributed by atoms with Gasteiger partial charge in [0.15, 0.2) is 0 Å². The maximum atomic E-state index is 12.0. The lowest BCUT2D eigenvalue weighted by atomic mass is 10.1. The molecule has 4 aromatic rings. The second-order valence-corrected chi connectivity index (χ2v) is 17.8. The summed E-state index contributed by atoms with van der Waals surface area (Å²) in [4.78, 5) is 26.0.